The van der Waals surface area contributed by atoms with Crippen molar-refractivity contribution in [3.8, 4) is 11.3 Å². The molecule has 30 heavy (non-hydrogen) atoms. The lowest BCUT2D eigenvalue weighted by atomic mass is 10.1. The molecule has 7 nitrogen and oxygen atoms in total. The average molecular weight is 405 g/mol. The first-order valence-corrected chi connectivity index (χ1v) is 10.7. The predicted octanol–water partition coefficient (Wildman–Crippen LogP) is 2.26. The van der Waals surface area contributed by atoms with E-state index in [9.17, 15) is 5.11 Å². The van der Waals surface area contributed by atoms with Gasteiger partial charge in [0, 0.05) is 75.4 Å². The minimum atomic E-state index is 0.216. The Morgan fingerprint density at radius 2 is 1.73 bits per heavy atom. The smallest absolute Gasteiger partial charge is 0.157 e. The quantitative estimate of drug-likeness (QED) is 0.715. The highest BCUT2D eigenvalue weighted by Gasteiger charge is 2.25. The first-order chi connectivity index (χ1) is 14.7. The Morgan fingerprint density at radius 3 is 2.47 bits per heavy atom. The minimum Gasteiger partial charge on any atom is -0.396 e. The molecule has 5 rings (SSSR count). The molecular weight excluding hydrogens is 376 g/mol. The Bertz CT molecular complexity index is 1020. The summed E-state index contributed by atoms with van der Waals surface area (Å²) in [4.78, 5) is 21.1. The number of piperazine rings is 1. The van der Waals surface area contributed by atoms with Crippen LogP contribution in [-0.2, 0) is 0 Å². The summed E-state index contributed by atoms with van der Waals surface area (Å²) >= 11 is 0. The summed E-state index contributed by atoms with van der Waals surface area (Å²) < 4.78 is 0. The summed E-state index contributed by atoms with van der Waals surface area (Å²) in [5.41, 5.74) is 4.94. The van der Waals surface area contributed by atoms with Crippen molar-refractivity contribution in [3.63, 3.8) is 0 Å². The second-order valence-electron chi connectivity index (χ2n) is 8.38. The van der Waals surface area contributed by atoms with Gasteiger partial charge in [0.1, 0.15) is 5.52 Å². The van der Waals surface area contributed by atoms with Crippen LogP contribution in [0, 0.1) is 5.92 Å². The van der Waals surface area contributed by atoms with E-state index < -0.39 is 0 Å². The number of nitrogens with zero attached hydrogens (tertiary/aromatic N) is 6. The van der Waals surface area contributed by atoms with Crippen molar-refractivity contribution in [3.05, 3.63) is 42.7 Å². The summed E-state index contributed by atoms with van der Waals surface area (Å²) in [6.45, 7) is 6.22. The third-order valence-electron chi connectivity index (χ3n) is 6.31. The molecule has 7 heteroatoms. The molecule has 0 amide bonds. The Morgan fingerprint density at radius 1 is 0.967 bits per heavy atom. The van der Waals surface area contributed by atoms with Crippen LogP contribution >= 0.6 is 0 Å². The van der Waals surface area contributed by atoms with Gasteiger partial charge >= 0.3 is 0 Å². The van der Waals surface area contributed by atoms with Crippen molar-refractivity contribution in [1.29, 1.82) is 0 Å². The number of likely N-dealkylation sites (N-methyl/N-ethyl adjacent to an activating group) is 1. The van der Waals surface area contributed by atoms with E-state index in [1.54, 1.807) is 12.4 Å². The van der Waals surface area contributed by atoms with Crippen LogP contribution in [0.5, 0.6) is 0 Å². The molecule has 2 saturated heterocycles. The maximum absolute atomic E-state index is 9.54. The van der Waals surface area contributed by atoms with Crippen LogP contribution in [0.1, 0.15) is 6.42 Å². The van der Waals surface area contributed by atoms with Crippen molar-refractivity contribution in [2.45, 2.75) is 6.42 Å². The predicted molar refractivity (Wildman–Crippen MR) is 120 cm³/mol. The molecule has 1 atom stereocenters. The van der Waals surface area contributed by atoms with E-state index in [-0.39, 0.29) is 6.61 Å². The van der Waals surface area contributed by atoms with Gasteiger partial charge in [-0.3, -0.25) is 4.98 Å². The monoisotopic (exact) mass is 404 g/mol. The lowest BCUT2D eigenvalue weighted by Gasteiger charge is -2.34. The molecule has 1 aromatic carbocycles. The summed E-state index contributed by atoms with van der Waals surface area (Å²) in [5.74, 6) is 1.17. The Hall–Kier alpha value is -2.77. The number of aromatic nitrogens is 3. The van der Waals surface area contributed by atoms with Crippen LogP contribution in [0.25, 0.3) is 22.3 Å². The number of anilines is 2. The first kappa shape index (κ1) is 19.2. The molecule has 156 valence electrons. The maximum Gasteiger partial charge on any atom is 0.157 e. The SMILES string of the molecule is CN1CCN(c2ccc(-c3cc4nccnc4c(N4CC[C@@H](CO)C4)n3)cc2)CC1. The van der Waals surface area contributed by atoms with Gasteiger partial charge in [0.05, 0.1) is 11.2 Å². The van der Waals surface area contributed by atoms with Gasteiger partial charge in [0.25, 0.3) is 0 Å². The highest BCUT2D eigenvalue weighted by Crippen LogP contribution is 2.31. The zero-order valence-corrected chi connectivity index (χ0v) is 17.4. The fourth-order valence-corrected chi connectivity index (χ4v) is 4.41. The molecule has 0 spiro atoms. The molecular formula is C23H28N6O. The topological polar surface area (TPSA) is 68.6 Å². The number of aliphatic hydroxyl groups excluding tert-OH is 1. The second-order valence-corrected chi connectivity index (χ2v) is 8.38. The largest absolute Gasteiger partial charge is 0.396 e. The van der Waals surface area contributed by atoms with Gasteiger partial charge in [-0.2, -0.15) is 0 Å². The van der Waals surface area contributed by atoms with Crippen molar-refractivity contribution < 1.29 is 5.11 Å². The van der Waals surface area contributed by atoms with Gasteiger partial charge < -0.3 is 19.8 Å². The van der Waals surface area contributed by atoms with Gasteiger partial charge in [-0.05, 0) is 31.7 Å². The van der Waals surface area contributed by atoms with E-state index in [1.165, 1.54) is 5.69 Å². The highest BCUT2D eigenvalue weighted by molar-refractivity contribution is 5.89. The third-order valence-corrected chi connectivity index (χ3v) is 6.31. The lowest BCUT2D eigenvalue weighted by molar-refractivity contribution is 0.238. The van der Waals surface area contributed by atoms with E-state index >= 15 is 0 Å². The van der Waals surface area contributed by atoms with E-state index in [2.05, 4.69) is 56.0 Å². The number of hydrogen-bond acceptors (Lipinski definition) is 7. The lowest BCUT2D eigenvalue weighted by Crippen LogP contribution is -2.44. The summed E-state index contributed by atoms with van der Waals surface area (Å²) in [7, 11) is 2.18. The van der Waals surface area contributed by atoms with Crippen molar-refractivity contribution in [2.24, 2.45) is 5.92 Å². The molecule has 2 aromatic heterocycles. The van der Waals surface area contributed by atoms with Gasteiger partial charge in [0.15, 0.2) is 5.82 Å². The fourth-order valence-electron chi connectivity index (χ4n) is 4.41. The second kappa shape index (κ2) is 8.16. The number of pyridine rings is 1. The Kier molecular flexibility index (Phi) is 5.23. The van der Waals surface area contributed by atoms with Crippen LogP contribution in [0.3, 0.4) is 0 Å². The van der Waals surface area contributed by atoms with Gasteiger partial charge in [-0.25, -0.2) is 9.97 Å². The van der Waals surface area contributed by atoms with Crippen molar-refractivity contribution >= 4 is 22.5 Å². The number of fused-ring (bicyclic) bond motifs is 1. The number of rotatable bonds is 4. The number of hydrogen-bond donors (Lipinski definition) is 1. The normalized spacial score (nSPS) is 20.3. The van der Waals surface area contributed by atoms with E-state index in [0.29, 0.717) is 5.92 Å². The molecule has 3 aromatic rings. The van der Waals surface area contributed by atoms with Crippen LogP contribution in [-0.4, -0.2) is 77.9 Å². The van der Waals surface area contributed by atoms with Crippen molar-refractivity contribution in [2.75, 3.05) is 62.7 Å². The maximum atomic E-state index is 9.54. The van der Waals surface area contributed by atoms with Gasteiger partial charge in [-0.15, -0.1) is 0 Å². The third kappa shape index (κ3) is 3.70. The van der Waals surface area contributed by atoms with Crippen LogP contribution in [0.2, 0.25) is 0 Å². The Balaban J connectivity index is 1.47. The zero-order chi connectivity index (χ0) is 20.5. The summed E-state index contributed by atoms with van der Waals surface area (Å²) in [6, 6.07) is 10.7. The molecule has 0 aliphatic carbocycles. The van der Waals surface area contributed by atoms with E-state index in [0.717, 1.165) is 73.8 Å². The van der Waals surface area contributed by atoms with E-state index in [4.69, 9.17) is 4.98 Å². The molecule has 1 N–H and O–H groups in total. The number of aliphatic hydroxyl groups is 1. The Labute approximate surface area is 177 Å². The van der Waals surface area contributed by atoms with Crippen LogP contribution < -0.4 is 9.80 Å². The van der Waals surface area contributed by atoms with Gasteiger partial charge in [0.2, 0.25) is 0 Å². The average Bonchev–Trinajstić information content (AvgIpc) is 3.28. The standard InChI is InChI=1S/C23H28N6O/c1-27-10-12-28(13-11-27)19-4-2-18(3-5-19)20-14-21-22(25-8-7-24-21)23(26-20)29-9-6-17(15-29)16-30/h2-5,7-8,14,17,30H,6,9-13,15-16H2,1H3/t17-/m1/s1. The first-order valence-electron chi connectivity index (χ1n) is 10.7. The highest BCUT2D eigenvalue weighted by atomic mass is 16.3. The molecule has 0 saturated carbocycles. The number of benzene rings is 1. The molecule has 0 unspecified atom stereocenters. The van der Waals surface area contributed by atoms with Gasteiger partial charge in [-0.1, -0.05) is 12.1 Å². The van der Waals surface area contributed by atoms with Crippen molar-refractivity contribution in [1.82, 2.24) is 19.9 Å². The fraction of sp³-hybridized carbons (Fsp3) is 0.435. The molecule has 2 aliphatic heterocycles. The zero-order valence-electron chi connectivity index (χ0n) is 17.4. The molecule has 4 heterocycles. The van der Waals surface area contributed by atoms with Crippen LogP contribution in [0.15, 0.2) is 42.7 Å². The molecule has 0 bridgehead atoms. The molecule has 2 aliphatic rings. The van der Waals surface area contributed by atoms with E-state index in [1.807, 2.05) is 6.07 Å². The molecule has 2 fully saturated rings. The summed E-state index contributed by atoms with van der Waals surface area (Å²) in [5, 5.41) is 9.54. The van der Waals surface area contributed by atoms with Crippen LogP contribution in [0.4, 0.5) is 11.5 Å². The minimum absolute atomic E-state index is 0.216. The molecule has 0 radical (unpaired) electrons. The summed E-state index contributed by atoms with van der Waals surface area (Å²) in [6.07, 6.45) is 4.42.